The van der Waals surface area contributed by atoms with Crippen molar-refractivity contribution >= 4 is 23.9 Å². The Labute approximate surface area is 257 Å². The minimum atomic E-state index is -1.59. The largest absolute Gasteiger partial charge is 0.465 e. The van der Waals surface area contributed by atoms with Crippen molar-refractivity contribution in [3.63, 3.8) is 0 Å². The predicted octanol–water partition coefficient (Wildman–Crippen LogP) is 5.44. The maximum Gasteiger partial charge on any atom is 0.324 e. The fourth-order valence-corrected chi connectivity index (χ4v) is 6.60. The molecule has 0 saturated heterocycles. The van der Waals surface area contributed by atoms with E-state index in [1.165, 1.54) is 0 Å². The van der Waals surface area contributed by atoms with Crippen molar-refractivity contribution in [1.29, 1.82) is 0 Å². The first-order valence-electron chi connectivity index (χ1n) is 15.3. The number of ether oxygens (including phenoxy) is 4. The number of hydrogen-bond donors (Lipinski definition) is 0. The third-order valence-electron chi connectivity index (χ3n) is 8.58. The van der Waals surface area contributed by atoms with E-state index in [-0.39, 0.29) is 52.1 Å². The summed E-state index contributed by atoms with van der Waals surface area (Å²) in [6.07, 6.45) is 0.328. The molecule has 0 radical (unpaired) electrons. The Morgan fingerprint density at radius 3 is 1.09 bits per heavy atom. The molecule has 0 saturated carbocycles. The van der Waals surface area contributed by atoms with Crippen LogP contribution in [0.1, 0.15) is 49.9 Å². The summed E-state index contributed by atoms with van der Waals surface area (Å²) in [5.41, 5.74) is 3.29. The molecule has 0 N–H and O–H groups in total. The molecule has 0 bridgehead atoms. The monoisotopic (exact) mass is 598 g/mol. The van der Waals surface area contributed by atoms with E-state index in [4.69, 9.17) is 18.9 Å². The van der Waals surface area contributed by atoms with Crippen molar-refractivity contribution in [3.05, 3.63) is 82.9 Å². The molecule has 0 heterocycles. The van der Waals surface area contributed by atoms with Crippen LogP contribution < -0.4 is 0 Å². The van der Waals surface area contributed by atoms with Gasteiger partial charge in [0.15, 0.2) is 10.8 Å². The summed E-state index contributed by atoms with van der Waals surface area (Å²) in [5, 5.41) is 0. The number of esters is 4. The molecule has 0 amide bonds. The number of hydrogen-bond acceptors (Lipinski definition) is 8. The maximum absolute atomic E-state index is 13.7. The second-order valence-electron chi connectivity index (χ2n) is 11.2. The molecule has 230 valence electrons. The van der Waals surface area contributed by atoms with Gasteiger partial charge in [0.25, 0.3) is 0 Å². The highest BCUT2D eigenvalue weighted by Crippen LogP contribution is 2.47. The molecule has 2 aliphatic rings. The van der Waals surface area contributed by atoms with Gasteiger partial charge < -0.3 is 18.9 Å². The van der Waals surface area contributed by atoms with Crippen LogP contribution in [0.3, 0.4) is 0 Å². The Morgan fingerprint density at radius 1 is 0.477 bits per heavy atom. The third kappa shape index (κ3) is 5.27. The van der Waals surface area contributed by atoms with Crippen molar-refractivity contribution in [2.24, 2.45) is 10.8 Å². The van der Waals surface area contributed by atoms with Gasteiger partial charge in [-0.1, -0.05) is 60.7 Å². The van der Waals surface area contributed by atoms with E-state index in [1.807, 2.05) is 60.7 Å². The second kappa shape index (κ2) is 12.6. The zero-order valence-corrected chi connectivity index (χ0v) is 25.7. The Morgan fingerprint density at radius 2 is 0.773 bits per heavy atom. The minimum absolute atomic E-state index is 0.0605. The van der Waals surface area contributed by atoms with Crippen LogP contribution in [-0.2, 0) is 63.8 Å². The smallest absolute Gasteiger partial charge is 0.324 e. The van der Waals surface area contributed by atoms with Gasteiger partial charge in [0.05, 0.1) is 26.4 Å². The Balaban J connectivity index is 1.80. The summed E-state index contributed by atoms with van der Waals surface area (Å²) in [6, 6.07) is 19.3. The summed E-state index contributed by atoms with van der Waals surface area (Å²) >= 11 is 0. The maximum atomic E-state index is 13.7. The molecule has 8 heteroatoms. The topological polar surface area (TPSA) is 105 Å². The third-order valence-corrected chi connectivity index (χ3v) is 8.58. The first-order chi connectivity index (χ1) is 21.2. The number of rotatable bonds is 8. The van der Waals surface area contributed by atoms with Gasteiger partial charge in [-0.2, -0.15) is 0 Å². The summed E-state index contributed by atoms with van der Waals surface area (Å²) < 4.78 is 22.0. The fraction of sp³-hybridized carbons (Fsp3) is 0.389. The van der Waals surface area contributed by atoms with Gasteiger partial charge in [0.2, 0.25) is 0 Å². The van der Waals surface area contributed by atoms with Crippen molar-refractivity contribution in [1.82, 2.24) is 0 Å². The first-order valence-corrected chi connectivity index (χ1v) is 15.3. The molecule has 0 aromatic heterocycles. The minimum Gasteiger partial charge on any atom is -0.465 e. The Hall–Kier alpha value is -4.46. The van der Waals surface area contributed by atoms with Crippen LogP contribution in [0.5, 0.6) is 0 Å². The van der Waals surface area contributed by atoms with Gasteiger partial charge in [0.1, 0.15) is 0 Å². The lowest BCUT2D eigenvalue weighted by molar-refractivity contribution is -0.173. The molecular formula is C36H38O8. The van der Waals surface area contributed by atoms with Crippen LogP contribution in [0, 0.1) is 10.8 Å². The van der Waals surface area contributed by atoms with Crippen LogP contribution in [-0.4, -0.2) is 50.3 Å². The summed E-state index contributed by atoms with van der Waals surface area (Å²) in [4.78, 5) is 54.7. The quantitative estimate of drug-likeness (QED) is 0.192. The Bertz CT molecular complexity index is 1450. The number of benzene rings is 3. The van der Waals surface area contributed by atoms with E-state index in [2.05, 4.69) is 0 Å². The van der Waals surface area contributed by atoms with E-state index in [0.717, 1.165) is 44.5 Å². The Kier molecular flexibility index (Phi) is 8.90. The first kappa shape index (κ1) is 31.0. The van der Waals surface area contributed by atoms with E-state index in [0.29, 0.717) is 0 Å². The van der Waals surface area contributed by atoms with Crippen LogP contribution in [0.15, 0.2) is 60.7 Å². The van der Waals surface area contributed by atoms with Gasteiger partial charge in [-0.15, -0.1) is 0 Å². The van der Waals surface area contributed by atoms with Crippen molar-refractivity contribution in [2.45, 2.75) is 53.4 Å². The summed E-state index contributed by atoms with van der Waals surface area (Å²) in [7, 11) is 0. The van der Waals surface area contributed by atoms with Gasteiger partial charge in [0, 0.05) is 25.7 Å². The zero-order chi connectivity index (χ0) is 31.5. The highest BCUT2D eigenvalue weighted by atomic mass is 16.6. The molecule has 0 aliphatic heterocycles. The molecule has 3 aromatic carbocycles. The molecule has 0 fully saturated rings. The standard InChI is InChI=1S/C36H38O8/c1-5-41-31(37)35(32(38)42-6-2)19-23-13-9-11-15-27(23)29-18-26-22-36(33(39)43-7-3,34(40)44-8-4)20-24-14-10-12-16-28(24)30(26)17-25(29)21-35/h9-18H,5-8,19-22H2,1-4H3. The molecule has 44 heavy (non-hydrogen) atoms. The highest BCUT2D eigenvalue weighted by Gasteiger charge is 2.53. The molecular weight excluding hydrogens is 560 g/mol. The molecule has 3 aromatic rings. The van der Waals surface area contributed by atoms with Crippen LogP contribution >= 0.6 is 0 Å². The number of carbonyl (C=O) groups excluding carboxylic acids is 4. The summed E-state index contributed by atoms with van der Waals surface area (Å²) in [5.74, 6) is -2.50. The molecule has 0 spiro atoms. The average molecular weight is 599 g/mol. The highest BCUT2D eigenvalue weighted by molar-refractivity contribution is 6.03. The van der Waals surface area contributed by atoms with Crippen molar-refractivity contribution < 1.29 is 38.1 Å². The van der Waals surface area contributed by atoms with Crippen LogP contribution in [0.4, 0.5) is 0 Å². The SMILES string of the molecule is CCOC(=O)C1(C(=O)OCC)Cc2ccccc2-c2cc3c(cc2C1)-c1ccccc1CC(C(=O)OCC)(C(=O)OCC)C3. The van der Waals surface area contributed by atoms with Gasteiger partial charge in [-0.3, -0.25) is 19.2 Å². The van der Waals surface area contributed by atoms with Crippen LogP contribution in [0.2, 0.25) is 0 Å². The average Bonchev–Trinajstić information content (AvgIpc) is 3.26. The van der Waals surface area contributed by atoms with Gasteiger partial charge in [-0.05, 0) is 72.2 Å². The lowest BCUT2D eigenvalue weighted by Gasteiger charge is -2.29. The summed E-state index contributed by atoms with van der Waals surface area (Å²) in [6.45, 7) is 7.34. The van der Waals surface area contributed by atoms with Gasteiger partial charge in [-0.25, -0.2) is 0 Å². The molecule has 0 atom stereocenters. The van der Waals surface area contributed by atoms with Crippen molar-refractivity contribution in [3.8, 4) is 22.3 Å². The van der Waals surface area contributed by atoms with E-state index >= 15 is 0 Å². The fourth-order valence-electron chi connectivity index (χ4n) is 6.60. The molecule has 5 rings (SSSR count). The zero-order valence-electron chi connectivity index (χ0n) is 25.7. The lowest BCUT2D eigenvalue weighted by Crippen LogP contribution is -2.45. The molecule has 0 unspecified atom stereocenters. The molecule has 8 nitrogen and oxygen atoms in total. The number of carbonyl (C=O) groups is 4. The van der Waals surface area contributed by atoms with Crippen LogP contribution in [0.25, 0.3) is 22.3 Å². The van der Waals surface area contributed by atoms with E-state index < -0.39 is 34.7 Å². The van der Waals surface area contributed by atoms with Crippen molar-refractivity contribution in [2.75, 3.05) is 26.4 Å². The lowest BCUT2D eigenvalue weighted by atomic mass is 9.76. The van der Waals surface area contributed by atoms with E-state index in [1.54, 1.807) is 27.7 Å². The van der Waals surface area contributed by atoms with Gasteiger partial charge >= 0.3 is 23.9 Å². The van der Waals surface area contributed by atoms with E-state index in [9.17, 15) is 19.2 Å². The number of fused-ring (bicyclic) bond motifs is 6. The predicted molar refractivity (Wildman–Crippen MR) is 164 cm³/mol. The second-order valence-corrected chi connectivity index (χ2v) is 11.2. The molecule has 2 aliphatic carbocycles. The normalized spacial score (nSPS) is 15.5.